The Hall–Kier alpha value is -0.123. The molecule has 0 fully saturated rings. The van der Waals surface area contributed by atoms with Crippen molar-refractivity contribution >= 4 is 8.32 Å². The van der Waals surface area contributed by atoms with Gasteiger partial charge < -0.3 is 9.53 Å². The molecule has 0 aliphatic heterocycles. The van der Waals surface area contributed by atoms with Gasteiger partial charge in [0.05, 0.1) is 12.2 Å². The minimum atomic E-state index is -1.78. The average Bonchev–Trinajstić information content (AvgIpc) is 2.12. The van der Waals surface area contributed by atoms with E-state index in [4.69, 9.17) is 4.43 Å². The molecule has 0 saturated heterocycles. The fraction of sp³-hybridized carbons (Fsp3) is 0.846. The summed E-state index contributed by atoms with van der Waals surface area (Å²) in [6.45, 7) is 18.6. The van der Waals surface area contributed by atoms with Crippen LogP contribution in [0.5, 0.6) is 0 Å². The lowest BCUT2D eigenvalue weighted by Crippen LogP contribution is -2.47. The van der Waals surface area contributed by atoms with E-state index in [0.29, 0.717) is 0 Å². The van der Waals surface area contributed by atoms with E-state index in [1.54, 1.807) is 6.08 Å². The summed E-state index contributed by atoms with van der Waals surface area (Å²) in [6, 6.07) is 0. The van der Waals surface area contributed by atoms with Crippen LogP contribution in [0, 0.1) is 5.92 Å². The van der Waals surface area contributed by atoms with Crippen molar-refractivity contribution in [2.75, 3.05) is 0 Å². The molecular formula is C13H28O2Si. The molecule has 0 bridgehead atoms. The highest BCUT2D eigenvalue weighted by atomic mass is 28.4. The first kappa shape index (κ1) is 15.9. The molecule has 0 aliphatic carbocycles. The fourth-order valence-corrected chi connectivity index (χ4v) is 2.70. The highest BCUT2D eigenvalue weighted by Gasteiger charge is 2.39. The van der Waals surface area contributed by atoms with Gasteiger partial charge in [0, 0.05) is 5.92 Å². The third-order valence-electron chi connectivity index (χ3n) is 3.68. The number of hydrogen-bond acceptors (Lipinski definition) is 2. The van der Waals surface area contributed by atoms with Gasteiger partial charge >= 0.3 is 0 Å². The molecule has 3 heteroatoms. The lowest BCUT2D eigenvalue weighted by molar-refractivity contribution is 0.0169. The molecule has 0 amide bonds. The summed E-state index contributed by atoms with van der Waals surface area (Å²) in [5.74, 6) is 0.0692. The van der Waals surface area contributed by atoms with E-state index in [-0.39, 0.29) is 17.1 Å². The van der Waals surface area contributed by atoms with Crippen molar-refractivity contribution in [2.24, 2.45) is 5.92 Å². The Kier molecular flexibility index (Phi) is 5.43. The molecular weight excluding hydrogens is 216 g/mol. The maximum absolute atomic E-state index is 10.0. The summed E-state index contributed by atoms with van der Waals surface area (Å²) in [5, 5.41) is 10.2. The normalized spacial score (nSPS) is 19.0. The minimum Gasteiger partial charge on any atom is -0.412 e. The first-order chi connectivity index (χ1) is 7.03. The maximum atomic E-state index is 10.0. The van der Waals surface area contributed by atoms with Crippen LogP contribution in [0.4, 0.5) is 0 Å². The number of aliphatic hydroxyl groups is 1. The van der Waals surface area contributed by atoms with Gasteiger partial charge in [0.15, 0.2) is 8.32 Å². The van der Waals surface area contributed by atoms with Gasteiger partial charge in [-0.15, -0.1) is 6.58 Å². The van der Waals surface area contributed by atoms with Gasteiger partial charge in [-0.3, -0.25) is 0 Å². The smallest absolute Gasteiger partial charge is 0.192 e. The van der Waals surface area contributed by atoms with Crippen molar-refractivity contribution < 1.29 is 9.53 Å². The van der Waals surface area contributed by atoms with Crippen molar-refractivity contribution in [1.82, 2.24) is 0 Å². The molecule has 2 nitrogen and oxygen atoms in total. The molecule has 0 radical (unpaired) electrons. The predicted octanol–water partition coefficient (Wildman–Crippen LogP) is 3.58. The first-order valence-corrected chi connectivity index (χ1v) is 8.92. The van der Waals surface area contributed by atoms with E-state index >= 15 is 0 Å². The lowest BCUT2D eigenvalue weighted by atomic mass is 10.0. The summed E-state index contributed by atoms with van der Waals surface area (Å²) in [7, 11) is -1.78. The lowest BCUT2D eigenvalue weighted by Gasteiger charge is -2.40. The molecule has 3 atom stereocenters. The summed E-state index contributed by atoms with van der Waals surface area (Å²) in [5.41, 5.74) is 0. The molecule has 0 rings (SSSR count). The third-order valence-corrected chi connectivity index (χ3v) is 8.25. The van der Waals surface area contributed by atoms with Crippen LogP contribution in [0.1, 0.15) is 34.6 Å². The Morgan fingerprint density at radius 3 is 2.00 bits per heavy atom. The highest BCUT2D eigenvalue weighted by molar-refractivity contribution is 6.74. The molecule has 96 valence electrons. The van der Waals surface area contributed by atoms with Crippen LogP contribution in [0.2, 0.25) is 18.1 Å². The Bertz CT molecular complexity index is 231. The quantitative estimate of drug-likeness (QED) is 0.592. The van der Waals surface area contributed by atoms with Crippen LogP contribution in [0.25, 0.3) is 0 Å². The Labute approximate surface area is 102 Å². The zero-order valence-electron chi connectivity index (χ0n) is 11.9. The van der Waals surface area contributed by atoms with Crippen LogP contribution < -0.4 is 0 Å². The molecule has 0 aromatic heterocycles. The Morgan fingerprint density at radius 1 is 1.25 bits per heavy atom. The van der Waals surface area contributed by atoms with Gasteiger partial charge in [0.2, 0.25) is 0 Å². The van der Waals surface area contributed by atoms with E-state index in [2.05, 4.69) is 40.4 Å². The summed E-state index contributed by atoms with van der Waals surface area (Å²) in [6.07, 6.45) is 1.18. The van der Waals surface area contributed by atoms with Gasteiger partial charge in [0.1, 0.15) is 0 Å². The Balaban J connectivity index is 4.56. The van der Waals surface area contributed by atoms with Gasteiger partial charge in [-0.1, -0.05) is 33.8 Å². The third kappa shape index (κ3) is 4.04. The number of rotatable bonds is 5. The minimum absolute atomic E-state index is 0.0692. The molecule has 0 aliphatic rings. The van der Waals surface area contributed by atoms with Gasteiger partial charge in [-0.2, -0.15) is 0 Å². The average molecular weight is 244 g/mol. The van der Waals surface area contributed by atoms with E-state index in [1.807, 2.05) is 13.8 Å². The van der Waals surface area contributed by atoms with Crippen LogP contribution in [0.3, 0.4) is 0 Å². The summed E-state index contributed by atoms with van der Waals surface area (Å²) < 4.78 is 6.13. The molecule has 1 N–H and O–H groups in total. The summed E-state index contributed by atoms with van der Waals surface area (Å²) >= 11 is 0. The standard InChI is InChI=1S/C13H28O2Si/c1-9-10(2)12(14)11(3)15-16(7,8)13(4,5)6/h9-12,14H,1H2,2-8H3/t10-,11-,12-/m1/s1. The molecule has 0 spiro atoms. The molecule has 16 heavy (non-hydrogen) atoms. The van der Waals surface area contributed by atoms with Gasteiger partial charge in [-0.05, 0) is 25.1 Å². The zero-order valence-corrected chi connectivity index (χ0v) is 12.9. The van der Waals surface area contributed by atoms with Crippen LogP contribution in [-0.4, -0.2) is 25.6 Å². The number of aliphatic hydroxyl groups excluding tert-OH is 1. The number of hydrogen-bond donors (Lipinski definition) is 1. The van der Waals surface area contributed by atoms with Gasteiger partial charge in [-0.25, -0.2) is 0 Å². The van der Waals surface area contributed by atoms with E-state index < -0.39 is 14.4 Å². The van der Waals surface area contributed by atoms with Crippen molar-refractivity contribution in [2.45, 2.75) is 65.0 Å². The first-order valence-electron chi connectivity index (χ1n) is 6.01. The van der Waals surface area contributed by atoms with Crippen molar-refractivity contribution in [3.63, 3.8) is 0 Å². The van der Waals surface area contributed by atoms with Crippen LogP contribution in [0.15, 0.2) is 12.7 Å². The van der Waals surface area contributed by atoms with Crippen molar-refractivity contribution in [1.29, 1.82) is 0 Å². The second kappa shape index (κ2) is 5.47. The van der Waals surface area contributed by atoms with Crippen molar-refractivity contribution in [3.8, 4) is 0 Å². The molecule has 0 aromatic carbocycles. The SMILES string of the molecule is C=C[C@@H](C)[C@@H](O)[C@@H](C)O[Si](C)(C)C(C)(C)C. The monoisotopic (exact) mass is 244 g/mol. The second-order valence-electron chi connectivity index (χ2n) is 6.17. The Morgan fingerprint density at radius 2 is 1.69 bits per heavy atom. The molecule has 0 heterocycles. The molecule has 0 saturated carbocycles. The van der Waals surface area contributed by atoms with Crippen LogP contribution >= 0.6 is 0 Å². The van der Waals surface area contributed by atoms with E-state index in [1.165, 1.54) is 0 Å². The topological polar surface area (TPSA) is 29.5 Å². The highest BCUT2D eigenvalue weighted by Crippen LogP contribution is 2.37. The molecule has 0 unspecified atom stereocenters. The van der Waals surface area contributed by atoms with E-state index in [9.17, 15) is 5.11 Å². The van der Waals surface area contributed by atoms with Crippen molar-refractivity contribution in [3.05, 3.63) is 12.7 Å². The predicted molar refractivity (Wildman–Crippen MR) is 73.1 cm³/mol. The van der Waals surface area contributed by atoms with Crippen LogP contribution in [-0.2, 0) is 4.43 Å². The zero-order chi connectivity index (χ0) is 13.1. The fourth-order valence-electron chi connectivity index (χ4n) is 1.28. The van der Waals surface area contributed by atoms with Gasteiger partial charge in [0.25, 0.3) is 0 Å². The maximum Gasteiger partial charge on any atom is 0.192 e. The second-order valence-corrected chi connectivity index (χ2v) is 10.9. The molecule has 0 aromatic rings. The van der Waals surface area contributed by atoms with E-state index in [0.717, 1.165) is 0 Å². The largest absolute Gasteiger partial charge is 0.412 e. The summed E-state index contributed by atoms with van der Waals surface area (Å²) in [4.78, 5) is 0.